The van der Waals surface area contributed by atoms with E-state index in [2.05, 4.69) is 10.00 Å². The predicted molar refractivity (Wildman–Crippen MR) is 143 cm³/mol. The number of nitrogens with zero attached hydrogens (tertiary/aromatic N) is 5. The third-order valence-corrected chi connectivity index (χ3v) is 6.70. The molecule has 35 heavy (non-hydrogen) atoms. The average molecular weight is 516 g/mol. The van der Waals surface area contributed by atoms with Crippen LogP contribution in [0.5, 0.6) is 11.5 Å². The Morgan fingerprint density at radius 1 is 1.03 bits per heavy atom. The number of halogens is 1. The van der Waals surface area contributed by atoms with E-state index < -0.39 is 0 Å². The van der Waals surface area contributed by atoms with E-state index in [4.69, 9.17) is 14.5 Å². The first kappa shape index (κ1) is 26.5. The summed E-state index contributed by atoms with van der Waals surface area (Å²) >= 11 is 1.43. The molecule has 0 spiro atoms. The van der Waals surface area contributed by atoms with Crippen LogP contribution in [0.25, 0.3) is 15.9 Å². The molecule has 0 aliphatic rings. The maximum Gasteiger partial charge on any atom is 0.263 e. The van der Waals surface area contributed by atoms with Gasteiger partial charge in [0.25, 0.3) is 5.91 Å². The molecule has 0 radical (unpaired) electrons. The third kappa shape index (κ3) is 5.42. The van der Waals surface area contributed by atoms with Crippen molar-refractivity contribution in [2.24, 2.45) is 0 Å². The van der Waals surface area contributed by atoms with Gasteiger partial charge in [0.05, 0.1) is 37.4 Å². The van der Waals surface area contributed by atoms with Crippen LogP contribution in [0.1, 0.15) is 22.5 Å². The van der Waals surface area contributed by atoms with Gasteiger partial charge in [0.15, 0.2) is 5.13 Å². The highest BCUT2D eigenvalue weighted by Crippen LogP contribution is 2.40. The molecule has 0 atom stereocenters. The van der Waals surface area contributed by atoms with E-state index in [0.717, 1.165) is 29.0 Å². The Morgan fingerprint density at radius 2 is 1.71 bits per heavy atom. The number of amides is 1. The van der Waals surface area contributed by atoms with Gasteiger partial charge in [-0.2, -0.15) is 5.10 Å². The summed E-state index contributed by atoms with van der Waals surface area (Å²) in [6.07, 6.45) is 2.44. The minimum Gasteiger partial charge on any atom is -0.495 e. The number of ether oxygens (including phenoxy) is 2. The summed E-state index contributed by atoms with van der Waals surface area (Å²) in [5.41, 5.74) is 2.92. The molecule has 0 saturated carbocycles. The van der Waals surface area contributed by atoms with E-state index in [1.54, 1.807) is 30.0 Å². The van der Waals surface area contributed by atoms with Crippen molar-refractivity contribution >= 4 is 45.0 Å². The van der Waals surface area contributed by atoms with Gasteiger partial charge < -0.3 is 14.4 Å². The maximum absolute atomic E-state index is 13.8. The van der Waals surface area contributed by atoms with Crippen molar-refractivity contribution < 1.29 is 14.3 Å². The quantitative estimate of drug-likeness (QED) is 0.318. The van der Waals surface area contributed by atoms with Crippen molar-refractivity contribution in [1.29, 1.82) is 0 Å². The summed E-state index contributed by atoms with van der Waals surface area (Å²) in [6, 6.07) is 13.5. The molecule has 0 saturated heterocycles. The van der Waals surface area contributed by atoms with Crippen LogP contribution >= 0.6 is 23.7 Å². The van der Waals surface area contributed by atoms with Crippen LogP contribution in [0.15, 0.2) is 48.7 Å². The molecule has 0 aliphatic heterocycles. The van der Waals surface area contributed by atoms with Gasteiger partial charge in [-0.3, -0.25) is 9.69 Å². The second-order valence-electron chi connectivity index (χ2n) is 8.15. The number of rotatable bonds is 9. The van der Waals surface area contributed by atoms with Crippen molar-refractivity contribution in [1.82, 2.24) is 19.7 Å². The molecule has 0 fully saturated rings. The molecule has 2 aromatic heterocycles. The first-order valence-corrected chi connectivity index (χ1v) is 11.8. The van der Waals surface area contributed by atoms with Crippen LogP contribution in [-0.4, -0.2) is 67.0 Å². The summed E-state index contributed by atoms with van der Waals surface area (Å²) in [7, 11) is 7.28. The monoisotopic (exact) mass is 515 g/mol. The maximum atomic E-state index is 13.8. The molecule has 0 bridgehead atoms. The molecular weight excluding hydrogens is 486 g/mol. The summed E-state index contributed by atoms with van der Waals surface area (Å²) in [5.74, 6) is 1.22. The summed E-state index contributed by atoms with van der Waals surface area (Å²) in [5, 5.41) is 5.10. The second kappa shape index (κ2) is 11.5. The van der Waals surface area contributed by atoms with Crippen molar-refractivity contribution in [3.63, 3.8) is 0 Å². The average Bonchev–Trinajstić information content (AvgIpc) is 3.45. The molecular formula is C25H30ClN5O3S. The number of benzene rings is 2. The first-order valence-electron chi connectivity index (χ1n) is 11.0. The van der Waals surface area contributed by atoms with Crippen LogP contribution in [-0.2, 0) is 0 Å². The normalized spacial score (nSPS) is 10.9. The van der Waals surface area contributed by atoms with Gasteiger partial charge in [0, 0.05) is 6.54 Å². The molecule has 4 rings (SSSR count). The molecule has 2 aromatic carbocycles. The van der Waals surface area contributed by atoms with Gasteiger partial charge in [0.2, 0.25) is 0 Å². The molecule has 2 heterocycles. The first-order chi connectivity index (χ1) is 16.4. The van der Waals surface area contributed by atoms with E-state index in [-0.39, 0.29) is 18.3 Å². The Hall–Kier alpha value is -3.14. The Labute approximate surface area is 215 Å². The zero-order valence-electron chi connectivity index (χ0n) is 20.5. The van der Waals surface area contributed by atoms with Gasteiger partial charge in [-0.05, 0) is 58.3 Å². The molecule has 8 nitrogen and oxygen atoms in total. The van der Waals surface area contributed by atoms with Gasteiger partial charge in [-0.1, -0.05) is 29.5 Å². The minimum atomic E-state index is -0.129. The number of fused-ring (bicyclic) bond motifs is 1. The smallest absolute Gasteiger partial charge is 0.263 e. The Bertz CT molecular complexity index is 1250. The molecule has 4 aromatic rings. The number of anilines is 1. The summed E-state index contributed by atoms with van der Waals surface area (Å²) in [4.78, 5) is 22.5. The lowest BCUT2D eigenvalue weighted by molar-refractivity contribution is 0.0985. The fraction of sp³-hybridized carbons (Fsp3) is 0.320. The van der Waals surface area contributed by atoms with Crippen molar-refractivity contribution in [3.05, 3.63) is 59.9 Å². The molecule has 0 unspecified atom stereocenters. The van der Waals surface area contributed by atoms with E-state index in [1.165, 1.54) is 11.3 Å². The second-order valence-corrected chi connectivity index (χ2v) is 9.13. The molecule has 0 aliphatic carbocycles. The Kier molecular flexibility index (Phi) is 8.71. The summed E-state index contributed by atoms with van der Waals surface area (Å²) in [6.45, 7) is 3.29. The van der Waals surface area contributed by atoms with E-state index >= 15 is 0 Å². The predicted octanol–water partition coefficient (Wildman–Crippen LogP) is 4.83. The van der Waals surface area contributed by atoms with Gasteiger partial charge in [0.1, 0.15) is 21.7 Å². The Balaban J connectivity index is 0.00000342. The highest BCUT2D eigenvalue weighted by atomic mass is 35.5. The number of carbonyl (C=O) groups is 1. The lowest BCUT2D eigenvalue weighted by Crippen LogP contribution is -2.33. The topological polar surface area (TPSA) is 72.7 Å². The zero-order valence-corrected chi connectivity index (χ0v) is 22.2. The van der Waals surface area contributed by atoms with Crippen LogP contribution in [0.3, 0.4) is 0 Å². The van der Waals surface area contributed by atoms with E-state index in [0.29, 0.717) is 34.3 Å². The SMILES string of the molecule is COc1ccc(OC)c2sc(N(CCCN(C)C)C(=O)c3cnn(-c4ccccc4)c3C)nc12.Cl. The third-order valence-electron chi connectivity index (χ3n) is 5.60. The zero-order chi connectivity index (χ0) is 24.2. The van der Waals surface area contributed by atoms with Gasteiger partial charge >= 0.3 is 0 Å². The molecule has 0 N–H and O–H groups in total. The number of carbonyl (C=O) groups excluding carboxylic acids is 1. The van der Waals surface area contributed by atoms with Crippen LogP contribution in [0.4, 0.5) is 5.13 Å². The largest absolute Gasteiger partial charge is 0.495 e. The number of aromatic nitrogens is 3. The number of hydrogen-bond acceptors (Lipinski definition) is 7. The molecule has 10 heteroatoms. The summed E-state index contributed by atoms with van der Waals surface area (Å²) < 4.78 is 13.7. The lowest BCUT2D eigenvalue weighted by atomic mass is 10.2. The lowest BCUT2D eigenvalue weighted by Gasteiger charge is -2.21. The number of para-hydroxylation sites is 1. The van der Waals surface area contributed by atoms with Crippen molar-refractivity contribution in [2.75, 3.05) is 46.3 Å². The van der Waals surface area contributed by atoms with Crippen LogP contribution in [0, 0.1) is 6.92 Å². The Morgan fingerprint density at radius 3 is 2.37 bits per heavy atom. The van der Waals surface area contributed by atoms with Gasteiger partial charge in [-0.15, -0.1) is 12.4 Å². The van der Waals surface area contributed by atoms with Crippen LogP contribution < -0.4 is 14.4 Å². The molecule has 186 valence electrons. The van der Waals surface area contributed by atoms with Crippen molar-refractivity contribution in [2.45, 2.75) is 13.3 Å². The fourth-order valence-electron chi connectivity index (χ4n) is 3.81. The number of methoxy groups -OCH3 is 2. The number of thiazole rings is 1. The van der Waals surface area contributed by atoms with E-state index in [1.807, 2.05) is 63.5 Å². The van der Waals surface area contributed by atoms with Crippen LogP contribution in [0.2, 0.25) is 0 Å². The number of hydrogen-bond donors (Lipinski definition) is 0. The highest BCUT2D eigenvalue weighted by Gasteiger charge is 2.26. The highest BCUT2D eigenvalue weighted by molar-refractivity contribution is 7.22. The van der Waals surface area contributed by atoms with Crippen molar-refractivity contribution in [3.8, 4) is 17.2 Å². The fourth-order valence-corrected chi connectivity index (χ4v) is 4.91. The minimum absolute atomic E-state index is 0. The molecule has 1 amide bonds. The standard InChI is InChI=1S/C25H29N5O3S.ClH/c1-17-19(16-26-30(17)18-10-7-6-8-11-18)24(31)29(15-9-14-28(2)3)25-27-22-20(32-4)12-13-21(33-5)23(22)34-25;/h6-8,10-13,16H,9,14-15H2,1-5H3;1H. The van der Waals surface area contributed by atoms with E-state index in [9.17, 15) is 4.79 Å². The van der Waals surface area contributed by atoms with Gasteiger partial charge in [-0.25, -0.2) is 9.67 Å².